The second kappa shape index (κ2) is 6.75. The lowest BCUT2D eigenvalue weighted by Crippen LogP contribution is -2.37. The summed E-state index contributed by atoms with van der Waals surface area (Å²) in [5.74, 6) is 0.0515. The van der Waals surface area contributed by atoms with Gasteiger partial charge in [-0.3, -0.25) is 9.78 Å². The van der Waals surface area contributed by atoms with Crippen LogP contribution in [0, 0.1) is 6.92 Å². The number of alkyl halides is 3. The largest absolute Gasteiger partial charge is 0.410 e. The lowest BCUT2D eigenvalue weighted by molar-refractivity contribution is -0.173. The molecule has 1 amide bonds. The molecule has 4 heterocycles. The molecule has 2 aromatic rings. The SMILES string of the molecule is Cc1cnc(C(=O)N2CC[C@H](c3cc4n(n3)[C@@H](C(F)(F)F)C[C@@H](C)N4)C2)cn1. The maximum Gasteiger partial charge on any atom is 0.410 e. The number of fused-ring (bicyclic) bond motifs is 1. The summed E-state index contributed by atoms with van der Waals surface area (Å²) < 4.78 is 41.3. The first kappa shape index (κ1) is 18.7. The molecule has 0 bridgehead atoms. The van der Waals surface area contributed by atoms with E-state index in [-0.39, 0.29) is 30.0 Å². The van der Waals surface area contributed by atoms with Crippen LogP contribution in [0.2, 0.25) is 0 Å². The highest BCUT2D eigenvalue weighted by Gasteiger charge is 2.46. The Morgan fingerprint density at radius 1 is 1.29 bits per heavy atom. The van der Waals surface area contributed by atoms with E-state index in [1.807, 2.05) is 0 Å². The van der Waals surface area contributed by atoms with Crippen molar-refractivity contribution < 1.29 is 18.0 Å². The van der Waals surface area contributed by atoms with Crippen LogP contribution in [-0.4, -0.2) is 55.9 Å². The van der Waals surface area contributed by atoms with Gasteiger partial charge in [0.15, 0.2) is 6.04 Å². The first-order chi connectivity index (χ1) is 13.2. The third-order valence-corrected chi connectivity index (χ3v) is 5.29. The number of hydrogen-bond donors (Lipinski definition) is 1. The number of amides is 1. The number of carbonyl (C=O) groups is 1. The second-order valence-corrected chi connectivity index (χ2v) is 7.52. The van der Waals surface area contributed by atoms with Crippen molar-refractivity contribution in [2.75, 3.05) is 18.4 Å². The van der Waals surface area contributed by atoms with Gasteiger partial charge in [-0.2, -0.15) is 18.3 Å². The Labute approximate surface area is 160 Å². The van der Waals surface area contributed by atoms with Crippen molar-refractivity contribution in [3.63, 3.8) is 0 Å². The Morgan fingerprint density at radius 3 is 2.75 bits per heavy atom. The van der Waals surface area contributed by atoms with Crippen LogP contribution < -0.4 is 5.32 Å². The monoisotopic (exact) mass is 394 g/mol. The van der Waals surface area contributed by atoms with Gasteiger partial charge < -0.3 is 10.2 Å². The second-order valence-electron chi connectivity index (χ2n) is 7.52. The average molecular weight is 394 g/mol. The molecule has 1 N–H and O–H groups in total. The maximum absolute atomic E-state index is 13.4. The van der Waals surface area contributed by atoms with Crippen LogP contribution >= 0.6 is 0 Å². The van der Waals surface area contributed by atoms with E-state index >= 15 is 0 Å². The standard InChI is InChI=1S/C18H21F3N6O/c1-10-5-15(18(19,20)21)27-16(24-10)6-13(25-27)12-3-4-26(9-12)17(28)14-8-22-11(2)7-23-14/h6-8,10,12,15,24H,3-5,9H2,1-2H3/t10-,12+,15-/m1/s1. The fraction of sp³-hybridized carbons (Fsp3) is 0.556. The number of aryl methyl sites for hydroxylation is 1. The van der Waals surface area contributed by atoms with Crippen LogP contribution in [0.1, 0.15) is 53.6 Å². The van der Waals surface area contributed by atoms with Crippen molar-refractivity contribution in [2.45, 2.75) is 50.9 Å². The van der Waals surface area contributed by atoms with Gasteiger partial charge in [0.2, 0.25) is 0 Å². The zero-order valence-electron chi connectivity index (χ0n) is 15.6. The molecule has 0 radical (unpaired) electrons. The van der Waals surface area contributed by atoms with Crippen molar-refractivity contribution in [1.29, 1.82) is 0 Å². The molecule has 0 saturated carbocycles. The van der Waals surface area contributed by atoms with Crippen LogP contribution in [0.5, 0.6) is 0 Å². The van der Waals surface area contributed by atoms with Gasteiger partial charge in [-0.1, -0.05) is 0 Å². The topological polar surface area (TPSA) is 75.9 Å². The van der Waals surface area contributed by atoms with Crippen LogP contribution in [0.3, 0.4) is 0 Å². The van der Waals surface area contributed by atoms with E-state index in [0.29, 0.717) is 31.0 Å². The van der Waals surface area contributed by atoms with E-state index in [4.69, 9.17) is 0 Å². The van der Waals surface area contributed by atoms with Gasteiger partial charge in [0.05, 0.1) is 17.6 Å². The van der Waals surface area contributed by atoms with Gasteiger partial charge in [-0.25, -0.2) is 9.67 Å². The summed E-state index contributed by atoms with van der Waals surface area (Å²) in [4.78, 5) is 22.4. The number of rotatable bonds is 2. The lowest BCUT2D eigenvalue weighted by atomic mass is 10.0. The highest BCUT2D eigenvalue weighted by atomic mass is 19.4. The number of carbonyl (C=O) groups excluding carboxylic acids is 1. The molecule has 0 aromatic carbocycles. The van der Waals surface area contributed by atoms with Crippen LogP contribution in [0.15, 0.2) is 18.5 Å². The smallest absolute Gasteiger partial charge is 0.368 e. The van der Waals surface area contributed by atoms with E-state index in [9.17, 15) is 18.0 Å². The summed E-state index contributed by atoms with van der Waals surface area (Å²) in [6.45, 7) is 4.43. The van der Waals surface area contributed by atoms with E-state index in [1.165, 1.54) is 12.4 Å². The average Bonchev–Trinajstić information content (AvgIpc) is 3.27. The summed E-state index contributed by atoms with van der Waals surface area (Å²) in [5.41, 5.74) is 1.57. The molecule has 0 unspecified atom stereocenters. The zero-order valence-corrected chi connectivity index (χ0v) is 15.6. The molecule has 28 heavy (non-hydrogen) atoms. The summed E-state index contributed by atoms with van der Waals surface area (Å²) in [6.07, 6.45) is -0.781. The first-order valence-corrected chi connectivity index (χ1v) is 9.23. The molecule has 7 nitrogen and oxygen atoms in total. The predicted octanol–water partition coefficient (Wildman–Crippen LogP) is 2.92. The molecule has 1 saturated heterocycles. The minimum atomic E-state index is -4.35. The Kier molecular flexibility index (Phi) is 4.51. The summed E-state index contributed by atoms with van der Waals surface area (Å²) in [5, 5.41) is 7.33. The minimum Gasteiger partial charge on any atom is -0.368 e. The molecule has 150 valence electrons. The normalized spacial score (nSPS) is 24.8. The van der Waals surface area contributed by atoms with Crippen molar-refractivity contribution in [3.05, 3.63) is 35.5 Å². The fourth-order valence-corrected chi connectivity index (χ4v) is 3.83. The highest BCUT2D eigenvalue weighted by molar-refractivity contribution is 5.92. The molecular weight excluding hydrogens is 373 g/mol. The van der Waals surface area contributed by atoms with E-state index in [2.05, 4.69) is 20.4 Å². The van der Waals surface area contributed by atoms with Gasteiger partial charge >= 0.3 is 6.18 Å². The van der Waals surface area contributed by atoms with Crippen LogP contribution in [-0.2, 0) is 0 Å². The fourth-order valence-electron chi connectivity index (χ4n) is 3.83. The molecule has 2 aliphatic heterocycles. The molecular formula is C18H21F3N6O. The predicted molar refractivity (Wildman–Crippen MR) is 95.1 cm³/mol. The molecule has 0 spiro atoms. The highest BCUT2D eigenvalue weighted by Crippen LogP contribution is 2.40. The Balaban J connectivity index is 1.52. The number of hydrogen-bond acceptors (Lipinski definition) is 5. The Hall–Kier alpha value is -2.65. The first-order valence-electron chi connectivity index (χ1n) is 9.23. The van der Waals surface area contributed by atoms with Crippen molar-refractivity contribution in [2.24, 2.45) is 0 Å². The third kappa shape index (κ3) is 3.43. The maximum atomic E-state index is 13.4. The molecule has 4 rings (SSSR count). The quantitative estimate of drug-likeness (QED) is 0.848. The Morgan fingerprint density at radius 2 is 2.07 bits per heavy atom. The molecule has 1 fully saturated rings. The minimum absolute atomic E-state index is 0.0566. The van der Waals surface area contributed by atoms with Gasteiger partial charge in [-0.05, 0) is 26.7 Å². The number of aromatic nitrogens is 4. The van der Waals surface area contributed by atoms with E-state index in [0.717, 1.165) is 10.4 Å². The number of nitrogens with zero attached hydrogens (tertiary/aromatic N) is 5. The van der Waals surface area contributed by atoms with Gasteiger partial charge in [0.25, 0.3) is 5.91 Å². The van der Waals surface area contributed by atoms with Gasteiger partial charge in [0, 0.05) is 37.3 Å². The summed E-state index contributed by atoms with van der Waals surface area (Å²) in [6, 6.07) is -0.237. The van der Waals surface area contributed by atoms with Crippen LogP contribution in [0.25, 0.3) is 0 Å². The van der Waals surface area contributed by atoms with E-state index in [1.54, 1.807) is 24.8 Å². The lowest BCUT2D eigenvalue weighted by Gasteiger charge is -2.31. The number of nitrogens with one attached hydrogen (secondary N) is 1. The van der Waals surface area contributed by atoms with Crippen molar-refractivity contribution >= 4 is 11.7 Å². The van der Waals surface area contributed by atoms with Crippen LogP contribution in [0.4, 0.5) is 19.0 Å². The third-order valence-electron chi connectivity index (χ3n) is 5.29. The molecule has 10 heteroatoms. The van der Waals surface area contributed by atoms with Gasteiger partial charge in [-0.15, -0.1) is 0 Å². The number of halogens is 3. The molecule has 0 aliphatic carbocycles. The number of likely N-dealkylation sites (tertiary alicyclic amines) is 1. The van der Waals surface area contributed by atoms with Crippen molar-refractivity contribution in [1.82, 2.24) is 24.6 Å². The summed E-state index contributed by atoms with van der Waals surface area (Å²) >= 11 is 0. The van der Waals surface area contributed by atoms with Crippen molar-refractivity contribution in [3.8, 4) is 0 Å². The van der Waals surface area contributed by atoms with E-state index < -0.39 is 12.2 Å². The molecule has 3 atom stereocenters. The Bertz CT molecular complexity index is 878. The molecule has 2 aromatic heterocycles. The number of anilines is 1. The molecule has 2 aliphatic rings. The summed E-state index contributed by atoms with van der Waals surface area (Å²) in [7, 11) is 0. The van der Waals surface area contributed by atoms with Gasteiger partial charge in [0.1, 0.15) is 11.5 Å². The zero-order chi connectivity index (χ0) is 20.1.